The van der Waals surface area contributed by atoms with Crippen LogP contribution in [0.1, 0.15) is 30.9 Å². The molecule has 2 rings (SSSR count). The fourth-order valence-electron chi connectivity index (χ4n) is 2.12. The van der Waals surface area contributed by atoms with E-state index in [2.05, 4.69) is 0 Å². The molecule has 0 radical (unpaired) electrons. The van der Waals surface area contributed by atoms with Gasteiger partial charge in [0.05, 0.1) is 5.57 Å². The molecule has 0 aliphatic carbocycles. The number of benzene rings is 1. The number of aliphatic carboxylic acids is 1. The molecule has 0 spiro atoms. The van der Waals surface area contributed by atoms with Crippen molar-refractivity contribution in [3.8, 4) is 5.75 Å². The highest BCUT2D eigenvalue weighted by Gasteiger charge is 2.48. The second-order valence-electron chi connectivity index (χ2n) is 4.86. The van der Waals surface area contributed by atoms with Crippen LogP contribution in [0.25, 0.3) is 6.08 Å². The second-order valence-corrected chi connectivity index (χ2v) is 4.86. The zero-order valence-corrected chi connectivity index (χ0v) is 10.9. The number of carboxylic acids is 1. The summed E-state index contributed by atoms with van der Waals surface area (Å²) < 4.78 is 43.8. The van der Waals surface area contributed by atoms with Crippen molar-refractivity contribution in [2.75, 3.05) is 0 Å². The third-order valence-electron chi connectivity index (χ3n) is 3.07. The first-order valence-electron chi connectivity index (χ1n) is 6.03. The first-order valence-corrected chi connectivity index (χ1v) is 6.03. The van der Waals surface area contributed by atoms with E-state index in [4.69, 9.17) is 9.84 Å². The van der Waals surface area contributed by atoms with Crippen LogP contribution >= 0.6 is 0 Å². The van der Waals surface area contributed by atoms with Gasteiger partial charge in [-0.3, -0.25) is 0 Å². The summed E-state index contributed by atoms with van der Waals surface area (Å²) in [6.45, 7) is 3.66. The van der Waals surface area contributed by atoms with Crippen LogP contribution in [0.15, 0.2) is 23.8 Å². The fraction of sp³-hybridized carbons (Fsp3) is 0.357. The maximum Gasteiger partial charge on any atom is 0.430 e. The number of fused-ring (bicyclic) bond motifs is 1. The Labute approximate surface area is 113 Å². The standard InChI is InChI=1S/C14H13F3O3/c1-7(2)9-5-3-4-8-6-10(13(18)19)12(14(15,16)17)20-11(8)9/h3-7,12H,1-2H3,(H,18,19)/t12-/m0/s1. The largest absolute Gasteiger partial charge is 0.478 e. The molecule has 20 heavy (non-hydrogen) atoms. The highest BCUT2D eigenvalue weighted by Crippen LogP contribution is 2.40. The lowest BCUT2D eigenvalue weighted by molar-refractivity contribution is -0.187. The van der Waals surface area contributed by atoms with Crippen molar-refractivity contribution in [3.63, 3.8) is 0 Å². The lowest BCUT2D eigenvalue weighted by Crippen LogP contribution is -2.40. The van der Waals surface area contributed by atoms with Crippen LogP contribution in [0.4, 0.5) is 13.2 Å². The highest BCUT2D eigenvalue weighted by atomic mass is 19.4. The monoisotopic (exact) mass is 286 g/mol. The number of ether oxygens (including phenoxy) is 1. The summed E-state index contributed by atoms with van der Waals surface area (Å²) in [5, 5.41) is 8.93. The number of carboxylic acid groups (broad SMARTS) is 1. The molecule has 1 aliphatic rings. The van der Waals surface area contributed by atoms with Crippen molar-refractivity contribution in [1.82, 2.24) is 0 Å². The van der Waals surface area contributed by atoms with E-state index in [0.29, 0.717) is 11.1 Å². The summed E-state index contributed by atoms with van der Waals surface area (Å²) >= 11 is 0. The predicted octanol–water partition coefficient (Wildman–Crippen LogP) is 3.60. The lowest BCUT2D eigenvalue weighted by atomic mass is 9.94. The van der Waals surface area contributed by atoms with Crippen LogP contribution in [0.5, 0.6) is 5.75 Å². The molecule has 108 valence electrons. The van der Waals surface area contributed by atoms with E-state index in [1.807, 2.05) is 13.8 Å². The molecular formula is C14H13F3O3. The van der Waals surface area contributed by atoms with Gasteiger partial charge in [0.2, 0.25) is 6.10 Å². The Kier molecular flexibility index (Phi) is 3.50. The number of halogens is 3. The number of hydrogen-bond acceptors (Lipinski definition) is 2. The fourth-order valence-corrected chi connectivity index (χ4v) is 2.12. The molecule has 3 nitrogen and oxygen atoms in total. The van der Waals surface area contributed by atoms with E-state index >= 15 is 0 Å². The molecule has 0 amide bonds. The summed E-state index contributed by atoms with van der Waals surface area (Å²) in [6, 6.07) is 4.88. The van der Waals surface area contributed by atoms with Crippen molar-refractivity contribution in [2.45, 2.75) is 32.0 Å². The zero-order valence-electron chi connectivity index (χ0n) is 10.9. The molecule has 1 aromatic carbocycles. The first-order chi connectivity index (χ1) is 9.21. The zero-order chi connectivity index (χ0) is 15.1. The first kappa shape index (κ1) is 14.4. The summed E-state index contributed by atoms with van der Waals surface area (Å²) in [6.07, 6.45) is -6.18. The van der Waals surface area contributed by atoms with Crippen molar-refractivity contribution in [2.24, 2.45) is 0 Å². The van der Waals surface area contributed by atoms with E-state index in [1.165, 1.54) is 6.07 Å². The van der Waals surface area contributed by atoms with E-state index in [1.54, 1.807) is 12.1 Å². The van der Waals surface area contributed by atoms with Crippen LogP contribution in [-0.2, 0) is 4.79 Å². The second kappa shape index (κ2) is 4.85. The van der Waals surface area contributed by atoms with Gasteiger partial charge < -0.3 is 9.84 Å². The maximum atomic E-state index is 12.9. The van der Waals surface area contributed by atoms with Crippen LogP contribution < -0.4 is 4.74 Å². The van der Waals surface area contributed by atoms with Crippen molar-refractivity contribution in [1.29, 1.82) is 0 Å². The molecule has 1 aromatic rings. The molecule has 0 fully saturated rings. The Morgan fingerprint density at radius 2 is 2.00 bits per heavy atom. The summed E-state index contributed by atoms with van der Waals surface area (Å²) in [4.78, 5) is 11.0. The van der Waals surface area contributed by atoms with Gasteiger partial charge >= 0.3 is 12.1 Å². The smallest absolute Gasteiger partial charge is 0.430 e. The Bertz CT molecular complexity index is 574. The quantitative estimate of drug-likeness (QED) is 0.903. The number of para-hydroxylation sites is 1. The van der Waals surface area contributed by atoms with Gasteiger partial charge in [0.15, 0.2) is 0 Å². The normalized spacial score (nSPS) is 18.3. The van der Waals surface area contributed by atoms with Gasteiger partial charge in [-0.25, -0.2) is 4.79 Å². The topological polar surface area (TPSA) is 46.5 Å². The Morgan fingerprint density at radius 1 is 1.35 bits per heavy atom. The summed E-state index contributed by atoms with van der Waals surface area (Å²) in [7, 11) is 0. The molecule has 0 saturated carbocycles. The number of rotatable bonds is 2. The third kappa shape index (κ3) is 2.50. The third-order valence-corrected chi connectivity index (χ3v) is 3.07. The molecule has 1 N–H and O–H groups in total. The minimum absolute atomic E-state index is 0.0291. The summed E-state index contributed by atoms with van der Waals surface area (Å²) in [5.74, 6) is -1.55. The number of hydrogen-bond donors (Lipinski definition) is 1. The van der Waals surface area contributed by atoms with Crippen molar-refractivity contribution >= 4 is 12.0 Å². The highest BCUT2D eigenvalue weighted by molar-refractivity contribution is 5.95. The lowest BCUT2D eigenvalue weighted by Gasteiger charge is -2.29. The van der Waals surface area contributed by atoms with Crippen LogP contribution in [-0.4, -0.2) is 23.4 Å². The summed E-state index contributed by atoms with van der Waals surface area (Å²) in [5.41, 5.74) is 0.178. The Hall–Kier alpha value is -1.98. The molecule has 0 aromatic heterocycles. The van der Waals surface area contributed by atoms with Crippen molar-refractivity contribution in [3.05, 3.63) is 34.9 Å². The van der Waals surface area contributed by atoms with Gasteiger partial charge in [0, 0.05) is 5.56 Å². The minimum atomic E-state index is -4.77. The Balaban J connectivity index is 2.60. The van der Waals surface area contributed by atoms with Gasteiger partial charge in [-0.2, -0.15) is 13.2 Å². The average molecular weight is 286 g/mol. The van der Waals surface area contributed by atoms with E-state index in [0.717, 1.165) is 6.08 Å². The van der Waals surface area contributed by atoms with E-state index in [9.17, 15) is 18.0 Å². The van der Waals surface area contributed by atoms with Crippen LogP contribution in [0, 0.1) is 0 Å². The molecule has 1 atom stereocenters. The maximum absolute atomic E-state index is 12.9. The molecule has 0 saturated heterocycles. The molecular weight excluding hydrogens is 273 g/mol. The molecule has 0 bridgehead atoms. The predicted molar refractivity (Wildman–Crippen MR) is 66.6 cm³/mol. The SMILES string of the molecule is CC(C)c1cccc2c1O[C@H](C(F)(F)F)C(C(=O)O)=C2. The number of carbonyl (C=O) groups is 1. The van der Waals surface area contributed by atoms with Gasteiger partial charge in [0.1, 0.15) is 5.75 Å². The molecule has 0 unspecified atom stereocenters. The molecule has 1 aliphatic heterocycles. The van der Waals surface area contributed by atoms with Gasteiger partial charge in [-0.15, -0.1) is 0 Å². The van der Waals surface area contributed by atoms with Gasteiger partial charge in [-0.1, -0.05) is 32.0 Å². The van der Waals surface area contributed by atoms with Crippen LogP contribution in [0.2, 0.25) is 0 Å². The van der Waals surface area contributed by atoms with Crippen molar-refractivity contribution < 1.29 is 27.8 Å². The Morgan fingerprint density at radius 3 is 2.50 bits per heavy atom. The van der Waals surface area contributed by atoms with Gasteiger partial charge in [-0.05, 0) is 17.6 Å². The molecule has 1 heterocycles. The molecule has 6 heteroatoms. The number of alkyl halides is 3. The van der Waals surface area contributed by atoms with E-state index in [-0.39, 0.29) is 11.7 Å². The van der Waals surface area contributed by atoms with Gasteiger partial charge in [0.25, 0.3) is 0 Å². The van der Waals surface area contributed by atoms with E-state index < -0.39 is 23.8 Å². The average Bonchev–Trinajstić information content (AvgIpc) is 2.35. The van der Waals surface area contributed by atoms with Crippen LogP contribution in [0.3, 0.4) is 0 Å². The minimum Gasteiger partial charge on any atom is -0.478 e.